The highest BCUT2D eigenvalue weighted by Crippen LogP contribution is 2.27. The first kappa shape index (κ1) is 12.2. The molecule has 2 aliphatic heterocycles. The third-order valence-electron chi connectivity index (χ3n) is 3.34. The highest BCUT2D eigenvalue weighted by molar-refractivity contribution is 7.99. The van der Waals surface area contributed by atoms with Gasteiger partial charge in [-0.3, -0.25) is 4.79 Å². The van der Waals surface area contributed by atoms with E-state index in [2.05, 4.69) is 14.3 Å². The number of aromatic nitrogens is 2. The van der Waals surface area contributed by atoms with Crippen LogP contribution in [0.2, 0.25) is 0 Å². The molecule has 0 radical (unpaired) electrons. The fourth-order valence-electron chi connectivity index (χ4n) is 2.25. The number of rotatable bonds is 2. The van der Waals surface area contributed by atoms with Crippen molar-refractivity contribution in [2.75, 3.05) is 42.6 Å². The largest absolute Gasteiger partial charge is 0.345 e. The van der Waals surface area contributed by atoms with Crippen LogP contribution in [0.25, 0.3) is 0 Å². The predicted octanol–water partition coefficient (Wildman–Crippen LogP) is 0.858. The summed E-state index contributed by atoms with van der Waals surface area (Å²) in [5.41, 5.74) is 0. The van der Waals surface area contributed by atoms with Crippen molar-refractivity contribution in [1.29, 1.82) is 0 Å². The Morgan fingerprint density at radius 3 is 2.67 bits per heavy atom. The van der Waals surface area contributed by atoms with Crippen LogP contribution in [-0.4, -0.2) is 57.8 Å². The van der Waals surface area contributed by atoms with Crippen LogP contribution >= 0.6 is 23.3 Å². The molecule has 0 saturated carbocycles. The molecule has 5 nitrogen and oxygen atoms in total. The van der Waals surface area contributed by atoms with Gasteiger partial charge >= 0.3 is 0 Å². The number of carbonyl (C=O) groups is 1. The van der Waals surface area contributed by atoms with E-state index in [-0.39, 0.29) is 5.92 Å². The molecule has 0 spiro atoms. The number of nitrogens with zero attached hydrogens (tertiary/aromatic N) is 4. The van der Waals surface area contributed by atoms with Crippen molar-refractivity contribution >= 4 is 34.3 Å². The van der Waals surface area contributed by atoms with Crippen LogP contribution in [0.3, 0.4) is 0 Å². The minimum Gasteiger partial charge on any atom is -0.345 e. The zero-order chi connectivity index (χ0) is 12.5. The topological polar surface area (TPSA) is 49.3 Å². The Kier molecular flexibility index (Phi) is 3.43. The number of thioether (sulfide) groups is 1. The number of aryl methyl sites for hydroxylation is 1. The highest BCUT2D eigenvalue weighted by atomic mass is 32.2. The summed E-state index contributed by atoms with van der Waals surface area (Å²) in [7, 11) is 0. The Labute approximate surface area is 115 Å². The van der Waals surface area contributed by atoms with E-state index in [1.54, 1.807) is 0 Å². The van der Waals surface area contributed by atoms with Crippen LogP contribution in [-0.2, 0) is 4.79 Å². The third-order valence-corrected chi connectivity index (χ3v) is 5.15. The third kappa shape index (κ3) is 2.33. The van der Waals surface area contributed by atoms with Crippen LogP contribution in [0, 0.1) is 12.8 Å². The molecule has 1 aromatic rings. The summed E-state index contributed by atoms with van der Waals surface area (Å²) < 4.78 is 4.17. The van der Waals surface area contributed by atoms with Crippen molar-refractivity contribution in [3.8, 4) is 0 Å². The molecule has 98 valence electrons. The number of anilines is 1. The smallest absolute Gasteiger partial charge is 0.229 e. The lowest BCUT2D eigenvalue weighted by Gasteiger charge is -2.41. The predicted molar refractivity (Wildman–Crippen MR) is 74.3 cm³/mol. The molecular formula is C11H16N4OS2. The normalized spacial score (nSPS) is 20.9. The molecule has 0 bridgehead atoms. The van der Waals surface area contributed by atoms with Gasteiger partial charge in [0.1, 0.15) is 5.82 Å². The number of carbonyl (C=O) groups excluding carboxylic acids is 1. The second-order valence-electron chi connectivity index (χ2n) is 4.66. The quantitative estimate of drug-likeness (QED) is 0.806. The Balaban J connectivity index is 1.53. The van der Waals surface area contributed by atoms with Crippen molar-refractivity contribution in [3.05, 3.63) is 5.82 Å². The molecule has 0 unspecified atom stereocenters. The Morgan fingerprint density at radius 1 is 1.33 bits per heavy atom. The van der Waals surface area contributed by atoms with Gasteiger partial charge in [-0.15, -0.1) is 0 Å². The van der Waals surface area contributed by atoms with Crippen LogP contribution in [0.1, 0.15) is 5.82 Å². The molecule has 0 aliphatic carbocycles. The van der Waals surface area contributed by atoms with Gasteiger partial charge in [-0.05, 0) is 6.92 Å². The van der Waals surface area contributed by atoms with E-state index in [1.807, 2.05) is 23.6 Å². The van der Waals surface area contributed by atoms with E-state index in [0.717, 1.165) is 48.6 Å². The van der Waals surface area contributed by atoms with Gasteiger partial charge < -0.3 is 9.80 Å². The van der Waals surface area contributed by atoms with E-state index in [1.165, 1.54) is 11.5 Å². The molecule has 3 heterocycles. The minimum atomic E-state index is 0.164. The summed E-state index contributed by atoms with van der Waals surface area (Å²) in [6.45, 7) is 5.33. The van der Waals surface area contributed by atoms with Gasteiger partial charge in [0.05, 0.1) is 5.92 Å². The maximum Gasteiger partial charge on any atom is 0.229 e. The van der Waals surface area contributed by atoms with E-state index < -0.39 is 0 Å². The lowest BCUT2D eigenvalue weighted by atomic mass is 9.99. The maximum atomic E-state index is 12.2. The zero-order valence-corrected chi connectivity index (χ0v) is 12.0. The van der Waals surface area contributed by atoms with E-state index in [4.69, 9.17) is 0 Å². The van der Waals surface area contributed by atoms with Crippen LogP contribution in [0.5, 0.6) is 0 Å². The summed E-state index contributed by atoms with van der Waals surface area (Å²) >= 11 is 3.35. The van der Waals surface area contributed by atoms with Crippen molar-refractivity contribution in [3.63, 3.8) is 0 Å². The highest BCUT2D eigenvalue weighted by Gasteiger charge is 2.37. The summed E-state index contributed by atoms with van der Waals surface area (Å²) in [4.78, 5) is 20.7. The van der Waals surface area contributed by atoms with E-state index >= 15 is 0 Å². The van der Waals surface area contributed by atoms with Gasteiger partial charge in [0, 0.05) is 49.2 Å². The van der Waals surface area contributed by atoms with Gasteiger partial charge in [0.2, 0.25) is 11.0 Å². The summed E-state index contributed by atoms with van der Waals surface area (Å²) in [6.07, 6.45) is 0. The SMILES string of the molecule is Cc1nsc(N2CC(C(=O)N3CCSCC3)C2)n1. The molecular weight excluding hydrogens is 268 g/mol. The molecule has 1 amide bonds. The van der Waals surface area contributed by atoms with Gasteiger partial charge in [-0.2, -0.15) is 16.1 Å². The summed E-state index contributed by atoms with van der Waals surface area (Å²) in [5.74, 6) is 3.47. The van der Waals surface area contributed by atoms with Crippen molar-refractivity contribution in [2.24, 2.45) is 5.92 Å². The fraction of sp³-hybridized carbons (Fsp3) is 0.727. The number of amides is 1. The van der Waals surface area contributed by atoms with Crippen molar-refractivity contribution < 1.29 is 4.79 Å². The van der Waals surface area contributed by atoms with Gasteiger partial charge in [0.15, 0.2) is 0 Å². The van der Waals surface area contributed by atoms with Crippen LogP contribution < -0.4 is 4.90 Å². The molecule has 2 fully saturated rings. The first-order chi connectivity index (χ1) is 8.74. The van der Waals surface area contributed by atoms with Crippen LogP contribution in [0.15, 0.2) is 0 Å². The standard InChI is InChI=1S/C11H16N4OS2/c1-8-12-11(18-13-8)15-6-9(7-15)10(16)14-2-4-17-5-3-14/h9H,2-7H2,1H3. The Morgan fingerprint density at radius 2 is 2.06 bits per heavy atom. The van der Waals surface area contributed by atoms with E-state index in [0.29, 0.717) is 5.91 Å². The molecule has 0 aromatic carbocycles. The first-order valence-electron chi connectivity index (χ1n) is 6.16. The van der Waals surface area contributed by atoms with Gasteiger partial charge in [0.25, 0.3) is 0 Å². The van der Waals surface area contributed by atoms with Crippen molar-refractivity contribution in [1.82, 2.24) is 14.3 Å². The van der Waals surface area contributed by atoms with E-state index in [9.17, 15) is 4.79 Å². The second kappa shape index (κ2) is 5.05. The molecule has 0 atom stereocenters. The average Bonchev–Trinajstić information content (AvgIpc) is 2.75. The molecule has 0 N–H and O–H groups in total. The van der Waals surface area contributed by atoms with Gasteiger partial charge in [-0.1, -0.05) is 0 Å². The maximum absolute atomic E-state index is 12.2. The van der Waals surface area contributed by atoms with Crippen molar-refractivity contribution in [2.45, 2.75) is 6.92 Å². The summed E-state index contributed by atoms with van der Waals surface area (Å²) in [6, 6.07) is 0. The summed E-state index contributed by atoms with van der Waals surface area (Å²) in [5, 5.41) is 0.950. The fourth-order valence-corrected chi connectivity index (χ4v) is 3.84. The number of hydrogen-bond donors (Lipinski definition) is 0. The number of hydrogen-bond acceptors (Lipinski definition) is 6. The lowest BCUT2D eigenvalue weighted by molar-refractivity contribution is -0.135. The second-order valence-corrected chi connectivity index (χ2v) is 6.62. The molecule has 7 heteroatoms. The van der Waals surface area contributed by atoms with Crippen LogP contribution in [0.4, 0.5) is 5.13 Å². The average molecular weight is 284 g/mol. The Hall–Kier alpha value is -0.820. The minimum absolute atomic E-state index is 0.164. The molecule has 2 saturated heterocycles. The zero-order valence-electron chi connectivity index (χ0n) is 10.3. The van der Waals surface area contributed by atoms with Gasteiger partial charge in [-0.25, -0.2) is 4.98 Å². The molecule has 3 rings (SSSR count). The molecule has 1 aromatic heterocycles. The Bertz CT molecular complexity index is 438. The first-order valence-corrected chi connectivity index (χ1v) is 8.08. The lowest BCUT2D eigenvalue weighted by Crippen LogP contribution is -2.55. The molecule has 18 heavy (non-hydrogen) atoms. The monoisotopic (exact) mass is 284 g/mol. The molecule has 2 aliphatic rings.